The standard InChI is InChI=1S/C24H25N3O6S/c1-31-21-8-6-17(15-23(21)34(29,30)26-12-10-18-5-2-3-11-25-18)24(28)27-19-7-9-20-22(16-19)33-14-4-13-32-20/h2-3,5-9,11,15-16,26H,4,10,12-14H2,1H3,(H,27,28). The molecule has 9 nitrogen and oxygen atoms in total. The van der Waals surface area contributed by atoms with E-state index < -0.39 is 15.9 Å². The van der Waals surface area contributed by atoms with E-state index in [-0.39, 0.29) is 22.8 Å². The molecule has 4 rings (SSSR count). The minimum atomic E-state index is -3.94. The van der Waals surface area contributed by atoms with Gasteiger partial charge in [-0.05, 0) is 42.5 Å². The summed E-state index contributed by atoms with van der Waals surface area (Å²) in [6.45, 7) is 1.24. The third-order valence-electron chi connectivity index (χ3n) is 5.12. The lowest BCUT2D eigenvalue weighted by molar-refractivity contribution is 0.102. The maximum Gasteiger partial charge on any atom is 0.255 e. The van der Waals surface area contributed by atoms with E-state index in [1.54, 1.807) is 30.5 Å². The van der Waals surface area contributed by atoms with Crippen LogP contribution in [0.25, 0.3) is 0 Å². The van der Waals surface area contributed by atoms with Crippen LogP contribution in [0.15, 0.2) is 65.7 Å². The van der Waals surface area contributed by atoms with Crippen molar-refractivity contribution in [2.75, 3.05) is 32.2 Å². The highest BCUT2D eigenvalue weighted by atomic mass is 32.2. The van der Waals surface area contributed by atoms with Crippen molar-refractivity contribution in [1.29, 1.82) is 0 Å². The number of hydrogen-bond acceptors (Lipinski definition) is 7. The number of nitrogens with zero attached hydrogens (tertiary/aromatic N) is 1. The van der Waals surface area contributed by atoms with E-state index in [0.717, 1.165) is 12.1 Å². The Hall–Kier alpha value is -3.63. The normalized spacial score (nSPS) is 13.1. The van der Waals surface area contributed by atoms with Gasteiger partial charge in [0.05, 0.1) is 20.3 Å². The van der Waals surface area contributed by atoms with Crippen LogP contribution in [0, 0.1) is 0 Å². The van der Waals surface area contributed by atoms with Crippen LogP contribution < -0.4 is 24.2 Å². The summed E-state index contributed by atoms with van der Waals surface area (Å²) in [7, 11) is -2.56. The van der Waals surface area contributed by atoms with Crippen LogP contribution in [-0.2, 0) is 16.4 Å². The number of methoxy groups -OCH3 is 1. The zero-order valence-electron chi connectivity index (χ0n) is 18.6. The molecule has 1 aromatic heterocycles. The van der Waals surface area contributed by atoms with Gasteiger partial charge >= 0.3 is 0 Å². The van der Waals surface area contributed by atoms with E-state index in [0.29, 0.717) is 36.8 Å². The fourth-order valence-electron chi connectivity index (χ4n) is 3.41. The summed E-state index contributed by atoms with van der Waals surface area (Å²) < 4.78 is 44.9. The van der Waals surface area contributed by atoms with Crippen LogP contribution >= 0.6 is 0 Å². The van der Waals surface area contributed by atoms with Crippen molar-refractivity contribution in [2.24, 2.45) is 0 Å². The van der Waals surface area contributed by atoms with Crippen molar-refractivity contribution in [2.45, 2.75) is 17.7 Å². The monoisotopic (exact) mass is 483 g/mol. The highest BCUT2D eigenvalue weighted by molar-refractivity contribution is 7.89. The second kappa shape index (κ2) is 10.5. The van der Waals surface area contributed by atoms with Gasteiger partial charge in [-0.25, -0.2) is 13.1 Å². The lowest BCUT2D eigenvalue weighted by Gasteiger charge is -2.13. The van der Waals surface area contributed by atoms with Crippen molar-refractivity contribution < 1.29 is 27.4 Å². The molecule has 0 radical (unpaired) electrons. The number of fused-ring (bicyclic) bond motifs is 1. The molecule has 1 aliphatic heterocycles. The van der Waals surface area contributed by atoms with E-state index >= 15 is 0 Å². The molecule has 0 saturated heterocycles. The van der Waals surface area contributed by atoms with E-state index in [4.69, 9.17) is 14.2 Å². The fraction of sp³-hybridized carbons (Fsp3) is 0.250. The third-order valence-corrected chi connectivity index (χ3v) is 6.60. The number of ether oxygens (including phenoxy) is 3. The van der Waals surface area contributed by atoms with E-state index in [1.165, 1.54) is 25.3 Å². The number of carbonyl (C=O) groups is 1. The predicted octanol–water partition coefficient (Wildman–Crippen LogP) is 3.02. The lowest BCUT2D eigenvalue weighted by Crippen LogP contribution is -2.27. The van der Waals surface area contributed by atoms with Crippen molar-refractivity contribution in [3.63, 3.8) is 0 Å². The smallest absolute Gasteiger partial charge is 0.255 e. The molecule has 2 heterocycles. The first-order valence-corrected chi connectivity index (χ1v) is 12.2. The molecule has 0 spiro atoms. The van der Waals surface area contributed by atoms with Gasteiger partial charge in [-0.1, -0.05) is 6.07 Å². The molecule has 0 unspecified atom stereocenters. The molecule has 2 aromatic carbocycles. The molecule has 1 aliphatic rings. The quantitative estimate of drug-likeness (QED) is 0.506. The number of rotatable bonds is 8. The van der Waals surface area contributed by atoms with Gasteiger partial charge in [-0.3, -0.25) is 9.78 Å². The van der Waals surface area contributed by atoms with Crippen molar-refractivity contribution >= 4 is 21.6 Å². The largest absolute Gasteiger partial charge is 0.495 e. The van der Waals surface area contributed by atoms with Crippen molar-refractivity contribution in [1.82, 2.24) is 9.71 Å². The first-order chi connectivity index (χ1) is 16.5. The number of carbonyl (C=O) groups excluding carboxylic acids is 1. The summed E-state index contributed by atoms with van der Waals surface area (Å²) in [5.74, 6) is 0.829. The van der Waals surface area contributed by atoms with Crippen LogP contribution in [-0.4, -0.2) is 46.2 Å². The van der Waals surface area contributed by atoms with Crippen molar-refractivity contribution in [3.8, 4) is 17.2 Å². The zero-order chi connectivity index (χ0) is 24.0. The summed E-state index contributed by atoms with van der Waals surface area (Å²) in [6.07, 6.45) is 2.85. The molecule has 10 heteroatoms. The SMILES string of the molecule is COc1ccc(C(=O)Nc2ccc3c(c2)OCCCO3)cc1S(=O)(=O)NCCc1ccccn1. The molecule has 0 fully saturated rings. The maximum atomic E-state index is 13.0. The molecule has 34 heavy (non-hydrogen) atoms. The van der Waals surface area contributed by atoms with E-state index in [2.05, 4.69) is 15.0 Å². The Morgan fingerprint density at radius 3 is 2.65 bits per heavy atom. The second-order valence-electron chi connectivity index (χ2n) is 7.50. The van der Waals surface area contributed by atoms with Gasteiger partial charge in [0.2, 0.25) is 10.0 Å². The van der Waals surface area contributed by atoms with Crippen LogP contribution in [0.5, 0.6) is 17.2 Å². The Balaban J connectivity index is 1.50. The van der Waals surface area contributed by atoms with Gasteiger partial charge < -0.3 is 19.5 Å². The third kappa shape index (κ3) is 5.64. The number of hydrogen-bond donors (Lipinski definition) is 2. The number of anilines is 1. The van der Waals surface area contributed by atoms with Crippen LogP contribution in [0.3, 0.4) is 0 Å². The molecule has 0 saturated carbocycles. The Morgan fingerprint density at radius 1 is 1.06 bits per heavy atom. The van der Waals surface area contributed by atoms with E-state index in [1.807, 2.05) is 12.1 Å². The van der Waals surface area contributed by atoms with Crippen LogP contribution in [0.1, 0.15) is 22.5 Å². The summed E-state index contributed by atoms with van der Waals surface area (Å²) in [5, 5.41) is 2.77. The average molecular weight is 484 g/mol. The number of benzene rings is 2. The Bertz CT molecular complexity index is 1260. The Morgan fingerprint density at radius 2 is 1.88 bits per heavy atom. The molecule has 1 amide bonds. The van der Waals surface area contributed by atoms with E-state index in [9.17, 15) is 13.2 Å². The minimum absolute atomic E-state index is 0.123. The first kappa shape index (κ1) is 23.5. The summed E-state index contributed by atoms with van der Waals surface area (Å²) in [4.78, 5) is 16.9. The summed E-state index contributed by atoms with van der Waals surface area (Å²) >= 11 is 0. The predicted molar refractivity (Wildman–Crippen MR) is 126 cm³/mol. The van der Waals surface area contributed by atoms with Gasteiger partial charge in [0.25, 0.3) is 5.91 Å². The number of sulfonamides is 1. The lowest BCUT2D eigenvalue weighted by atomic mass is 10.2. The average Bonchev–Trinajstić information content (AvgIpc) is 3.09. The molecule has 0 bridgehead atoms. The zero-order valence-corrected chi connectivity index (χ0v) is 19.4. The van der Waals surface area contributed by atoms with Crippen LogP contribution in [0.4, 0.5) is 5.69 Å². The second-order valence-corrected chi connectivity index (χ2v) is 9.24. The number of pyridine rings is 1. The van der Waals surface area contributed by atoms with Crippen molar-refractivity contribution in [3.05, 3.63) is 72.1 Å². The molecular formula is C24H25N3O6S. The molecule has 0 atom stereocenters. The summed E-state index contributed by atoms with van der Waals surface area (Å²) in [6, 6.07) is 14.8. The summed E-state index contributed by atoms with van der Waals surface area (Å²) in [5.41, 5.74) is 1.43. The maximum absolute atomic E-state index is 13.0. The number of aromatic nitrogens is 1. The molecule has 2 N–H and O–H groups in total. The first-order valence-electron chi connectivity index (χ1n) is 10.7. The molecular weight excluding hydrogens is 458 g/mol. The number of amides is 1. The topological polar surface area (TPSA) is 116 Å². The number of nitrogens with one attached hydrogen (secondary N) is 2. The van der Waals surface area contributed by atoms with Gasteiger partial charge in [0.1, 0.15) is 10.6 Å². The molecule has 178 valence electrons. The Labute approximate surface area is 198 Å². The highest BCUT2D eigenvalue weighted by Crippen LogP contribution is 2.32. The molecule has 3 aromatic rings. The molecule has 0 aliphatic carbocycles. The highest BCUT2D eigenvalue weighted by Gasteiger charge is 2.22. The fourth-order valence-corrected chi connectivity index (χ4v) is 4.63. The van der Waals surface area contributed by atoms with Gasteiger partial charge in [0.15, 0.2) is 11.5 Å². The van der Waals surface area contributed by atoms with Gasteiger partial charge in [-0.15, -0.1) is 0 Å². The van der Waals surface area contributed by atoms with Gasteiger partial charge in [-0.2, -0.15) is 0 Å². The van der Waals surface area contributed by atoms with Gasteiger partial charge in [0, 0.05) is 48.6 Å². The van der Waals surface area contributed by atoms with Crippen LogP contribution in [0.2, 0.25) is 0 Å². The minimum Gasteiger partial charge on any atom is -0.495 e. The Kier molecular flexibility index (Phi) is 7.29.